The number of carbonyl (C=O) groups is 3. The van der Waals surface area contributed by atoms with Gasteiger partial charge >= 0.3 is 17.6 Å². The van der Waals surface area contributed by atoms with Gasteiger partial charge in [-0.15, -0.1) is 0 Å². The highest BCUT2D eigenvalue weighted by Gasteiger charge is 2.20. The summed E-state index contributed by atoms with van der Waals surface area (Å²) in [7, 11) is 0. The van der Waals surface area contributed by atoms with E-state index in [0.29, 0.717) is 16.9 Å². The summed E-state index contributed by atoms with van der Waals surface area (Å²) >= 11 is 0.953. The molecule has 0 atom stereocenters. The summed E-state index contributed by atoms with van der Waals surface area (Å²) in [6, 6.07) is 6.24. The molecule has 2 rings (SSSR count). The molecule has 0 unspecified atom stereocenters. The predicted octanol–water partition coefficient (Wildman–Crippen LogP) is 2.16. The Hall–Kier alpha value is -3.14. The second-order valence-corrected chi connectivity index (χ2v) is 6.67. The molecular weight excluding hydrogens is 398 g/mol. The number of esters is 2. The van der Waals surface area contributed by atoms with Crippen LogP contribution in [0.4, 0.5) is 5.69 Å². The summed E-state index contributed by atoms with van der Waals surface area (Å²) in [5.41, 5.74) is 0.697. The van der Waals surface area contributed by atoms with Gasteiger partial charge in [0.05, 0.1) is 24.5 Å². The standard InChI is InChI=1S/C19H21N3O6S/c1-4-27-17(24)12-6-8-13(9-7-12)21-14(23)10-29-16-15(18(25)28-5-2)11(3)20-19(26)22-16/h6-9H,4-5,10H2,1-3H3,(H,21,23)(H,20,22,26). The van der Waals surface area contributed by atoms with Crippen molar-refractivity contribution in [3.63, 3.8) is 0 Å². The molecule has 1 heterocycles. The third kappa shape index (κ3) is 6.18. The molecule has 0 saturated heterocycles. The maximum atomic E-state index is 12.2. The fraction of sp³-hybridized carbons (Fsp3) is 0.316. The number of hydrogen-bond donors (Lipinski definition) is 2. The SMILES string of the molecule is CCOC(=O)c1ccc(NC(=O)CSc2nc(=O)[nH]c(C)c2C(=O)OCC)cc1. The number of hydrogen-bond acceptors (Lipinski definition) is 8. The first-order valence-corrected chi connectivity index (χ1v) is 9.82. The van der Waals surface area contributed by atoms with Crippen LogP contribution in [0.3, 0.4) is 0 Å². The average Bonchev–Trinajstić information content (AvgIpc) is 2.66. The first-order chi connectivity index (χ1) is 13.8. The minimum atomic E-state index is -0.619. The normalized spacial score (nSPS) is 10.3. The Morgan fingerprint density at radius 2 is 1.69 bits per heavy atom. The van der Waals surface area contributed by atoms with Crippen molar-refractivity contribution in [1.29, 1.82) is 0 Å². The number of nitrogens with zero attached hydrogens (tertiary/aromatic N) is 1. The van der Waals surface area contributed by atoms with Gasteiger partial charge in [0.25, 0.3) is 0 Å². The molecule has 0 aliphatic carbocycles. The molecule has 0 radical (unpaired) electrons. The van der Waals surface area contributed by atoms with Gasteiger partial charge in [0.1, 0.15) is 10.6 Å². The van der Waals surface area contributed by atoms with E-state index < -0.39 is 17.6 Å². The van der Waals surface area contributed by atoms with Crippen LogP contribution in [0.1, 0.15) is 40.3 Å². The Balaban J connectivity index is 2.05. The molecule has 2 aromatic rings. The number of aryl methyl sites for hydroxylation is 1. The van der Waals surface area contributed by atoms with E-state index in [1.165, 1.54) is 0 Å². The van der Waals surface area contributed by atoms with Crippen LogP contribution in [0.25, 0.3) is 0 Å². The topological polar surface area (TPSA) is 127 Å². The highest BCUT2D eigenvalue weighted by Crippen LogP contribution is 2.22. The van der Waals surface area contributed by atoms with Crippen molar-refractivity contribution in [2.45, 2.75) is 25.8 Å². The lowest BCUT2D eigenvalue weighted by Gasteiger charge is -2.10. The third-order valence-electron chi connectivity index (χ3n) is 3.59. The van der Waals surface area contributed by atoms with Gasteiger partial charge in [0.2, 0.25) is 5.91 Å². The van der Waals surface area contributed by atoms with Gasteiger partial charge in [-0.25, -0.2) is 14.4 Å². The van der Waals surface area contributed by atoms with Crippen LogP contribution >= 0.6 is 11.8 Å². The van der Waals surface area contributed by atoms with Crippen molar-refractivity contribution in [2.24, 2.45) is 0 Å². The van der Waals surface area contributed by atoms with Crippen LogP contribution < -0.4 is 11.0 Å². The third-order valence-corrected chi connectivity index (χ3v) is 4.56. The zero-order valence-corrected chi connectivity index (χ0v) is 17.1. The van der Waals surface area contributed by atoms with Crippen molar-refractivity contribution in [2.75, 3.05) is 24.3 Å². The molecule has 1 amide bonds. The molecule has 0 fully saturated rings. The van der Waals surface area contributed by atoms with Crippen molar-refractivity contribution in [1.82, 2.24) is 9.97 Å². The zero-order valence-electron chi connectivity index (χ0n) is 16.2. The summed E-state index contributed by atoms with van der Waals surface area (Å²) < 4.78 is 9.89. The van der Waals surface area contributed by atoms with Crippen LogP contribution in [0, 0.1) is 6.92 Å². The fourth-order valence-electron chi connectivity index (χ4n) is 2.34. The summed E-state index contributed by atoms with van der Waals surface area (Å²) in [6.07, 6.45) is 0. The Labute approximate surface area is 171 Å². The van der Waals surface area contributed by atoms with E-state index in [0.717, 1.165) is 11.8 Å². The number of thioether (sulfide) groups is 1. The Morgan fingerprint density at radius 1 is 1.07 bits per heavy atom. The number of benzene rings is 1. The molecule has 0 saturated carbocycles. The lowest BCUT2D eigenvalue weighted by atomic mass is 10.2. The molecule has 0 aliphatic rings. The van der Waals surface area contributed by atoms with Crippen molar-refractivity contribution >= 4 is 35.3 Å². The average molecular weight is 419 g/mol. The van der Waals surface area contributed by atoms with Gasteiger partial charge in [0, 0.05) is 11.4 Å². The van der Waals surface area contributed by atoms with Crippen molar-refractivity contribution < 1.29 is 23.9 Å². The molecule has 0 spiro atoms. The summed E-state index contributed by atoms with van der Waals surface area (Å²) in [5.74, 6) is -1.51. The first-order valence-electron chi connectivity index (χ1n) is 8.83. The monoisotopic (exact) mass is 419 g/mol. The summed E-state index contributed by atoms with van der Waals surface area (Å²) in [6.45, 7) is 5.39. The molecule has 0 aliphatic heterocycles. The number of carbonyl (C=O) groups excluding carboxylic acids is 3. The van der Waals surface area contributed by atoms with Gasteiger partial charge in [-0.3, -0.25) is 4.79 Å². The van der Waals surface area contributed by atoms with Crippen LogP contribution in [-0.2, 0) is 14.3 Å². The molecular formula is C19H21N3O6S. The van der Waals surface area contributed by atoms with Gasteiger partial charge in [-0.05, 0) is 45.0 Å². The molecule has 9 nitrogen and oxygen atoms in total. The van der Waals surface area contributed by atoms with E-state index in [2.05, 4.69) is 15.3 Å². The Kier molecular flexibility index (Phi) is 7.96. The number of aromatic nitrogens is 2. The van der Waals surface area contributed by atoms with E-state index in [4.69, 9.17) is 9.47 Å². The van der Waals surface area contributed by atoms with Gasteiger partial charge in [0.15, 0.2) is 0 Å². The number of aromatic amines is 1. The molecule has 29 heavy (non-hydrogen) atoms. The maximum Gasteiger partial charge on any atom is 0.346 e. The number of ether oxygens (including phenoxy) is 2. The Morgan fingerprint density at radius 3 is 2.31 bits per heavy atom. The van der Waals surface area contributed by atoms with Crippen LogP contribution in [-0.4, -0.2) is 46.8 Å². The largest absolute Gasteiger partial charge is 0.462 e. The quantitative estimate of drug-likeness (QED) is 0.379. The predicted molar refractivity (Wildman–Crippen MR) is 107 cm³/mol. The van der Waals surface area contributed by atoms with E-state index in [9.17, 15) is 19.2 Å². The number of anilines is 1. The van der Waals surface area contributed by atoms with Crippen LogP contribution in [0.2, 0.25) is 0 Å². The summed E-state index contributed by atoms with van der Waals surface area (Å²) in [5, 5.41) is 2.79. The second-order valence-electron chi connectivity index (χ2n) is 5.70. The highest BCUT2D eigenvalue weighted by molar-refractivity contribution is 8.00. The van der Waals surface area contributed by atoms with Crippen molar-refractivity contribution in [3.05, 3.63) is 51.6 Å². The molecule has 1 aromatic carbocycles. The van der Waals surface area contributed by atoms with E-state index >= 15 is 0 Å². The molecule has 154 valence electrons. The van der Waals surface area contributed by atoms with Crippen LogP contribution in [0.15, 0.2) is 34.1 Å². The Bertz CT molecular complexity index is 955. The fourth-order valence-corrected chi connectivity index (χ4v) is 3.21. The molecule has 0 bridgehead atoms. The summed E-state index contributed by atoms with van der Waals surface area (Å²) in [4.78, 5) is 53.9. The molecule has 2 N–H and O–H groups in total. The first kappa shape index (κ1) is 22.2. The minimum Gasteiger partial charge on any atom is -0.462 e. The maximum absolute atomic E-state index is 12.2. The number of rotatable bonds is 8. The highest BCUT2D eigenvalue weighted by atomic mass is 32.2. The van der Waals surface area contributed by atoms with Crippen molar-refractivity contribution in [3.8, 4) is 0 Å². The minimum absolute atomic E-state index is 0.0814. The van der Waals surface area contributed by atoms with E-state index in [1.54, 1.807) is 45.0 Å². The number of amides is 1. The lowest BCUT2D eigenvalue weighted by molar-refractivity contribution is -0.113. The van der Waals surface area contributed by atoms with Gasteiger partial charge in [-0.2, -0.15) is 4.98 Å². The van der Waals surface area contributed by atoms with E-state index in [1.807, 2.05) is 0 Å². The zero-order chi connectivity index (χ0) is 21.4. The van der Waals surface area contributed by atoms with Gasteiger partial charge < -0.3 is 19.8 Å². The van der Waals surface area contributed by atoms with Crippen LogP contribution in [0.5, 0.6) is 0 Å². The van der Waals surface area contributed by atoms with Gasteiger partial charge in [-0.1, -0.05) is 11.8 Å². The lowest BCUT2D eigenvalue weighted by Crippen LogP contribution is -2.21. The van der Waals surface area contributed by atoms with E-state index in [-0.39, 0.29) is 35.5 Å². The number of H-pyrrole nitrogens is 1. The second kappa shape index (κ2) is 10.4. The molecule has 1 aromatic heterocycles. The molecule has 10 heteroatoms. The number of nitrogens with one attached hydrogen (secondary N) is 2. The smallest absolute Gasteiger partial charge is 0.346 e.